The van der Waals surface area contributed by atoms with Gasteiger partial charge in [0.2, 0.25) is 5.91 Å². The van der Waals surface area contributed by atoms with Crippen molar-refractivity contribution in [1.82, 2.24) is 20.4 Å². The number of nitrogens with one attached hydrogen (secondary N) is 2. The Morgan fingerprint density at radius 2 is 1.89 bits per heavy atom. The summed E-state index contributed by atoms with van der Waals surface area (Å²) in [5.41, 5.74) is 7.46. The van der Waals surface area contributed by atoms with Gasteiger partial charge in [0.05, 0.1) is 15.8 Å². The van der Waals surface area contributed by atoms with Gasteiger partial charge in [0.25, 0.3) is 5.91 Å². The SMILES string of the molecule is Cn1cc(C(=O)NNC(=O)CCSc2nc3ccccc3s2)c2ccccc21. The molecule has 0 saturated carbocycles. The molecule has 2 N–H and O–H groups in total. The van der Waals surface area contributed by atoms with Crippen LogP contribution in [0.25, 0.3) is 21.1 Å². The Kier molecular flexibility index (Phi) is 5.31. The highest BCUT2D eigenvalue weighted by Gasteiger charge is 2.14. The highest BCUT2D eigenvalue weighted by atomic mass is 32.2. The van der Waals surface area contributed by atoms with E-state index in [2.05, 4.69) is 15.8 Å². The molecule has 0 aliphatic rings. The monoisotopic (exact) mass is 410 g/mol. The first-order valence-corrected chi connectivity index (χ1v) is 10.5. The van der Waals surface area contributed by atoms with Gasteiger partial charge in [-0.05, 0) is 18.2 Å². The maximum Gasteiger partial charge on any atom is 0.271 e. The molecule has 2 amide bonds. The molecule has 2 aromatic carbocycles. The van der Waals surface area contributed by atoms with Gasteiger partial charge in [-0.1, -0.05) is 42.1 Å². The van der Waals surface area contributed by atoms with Gasteiger partial charge in [0.1, 0.15) is 0 Å². The van der Waals surface area contributed by atoms with Gasteiger partial charge in [-0.15, -0.1) is 11.3 Å². The lowest BCUT2D eigenvalue weighted by Gasteiger charge is -2.06. The van der Waals surface area contributed by atoms with Gasteiger partial charge in [-0.2, -0.15) is 0 Å². The number of carbonyl (C=O) groups is 2. The van der Waals surface area contributed by atoms with E-state index in [-0.39, 0.29) is 18.2 Å². The minimum absolute atomic E-state index is 0.234. The smallest absolute Gasteiger partial charge is 0.271 e. The molecule has 28 heavy (non-hydrogen) atoms. The molecule has 0 atom stereocenters. The standard InChI is InChI=1S/C20H18N4O2S2/c1-24-12-14(13-6-2-4-8-16(13)24)19(26)23-22-18(25)10-11-27-20-21-15-7-3-5-9-17(15)28-20/h2-9,12H,10-11H2,1H3,(H,22,25)(H,23,26). The van der Waals surface area contributed by atoms with Crippen molar-refractivity contribution in [1.29, 1.82) is 0 Å². The Bertz CT molecular complexity index is 1130. The van der Waals surface area contributed by atoms with Crippen molar-refractivity contribution < 1.29 is 9.59 Å². The van der Waals surface area contributed by atoms with Crippen molar-refractivity contribution >= 4 is 56.0 Å². The molecule has 142 valence electrons. The number of hydrogen-bond donors (Lipinski definition) is 2. The van der Waals surface area contributed by atoms with Gasteiger partial charge in [0, 0.05) is 36.3 Å². The molecule has 0 fully saturated rings. The Hall–Kier alpha value is -2.84. The summed E-state index contributed by atoms with van der Waals surface area (Å²) in [7, 11) is 1.89. The molecule has 0 radical (unpaired) electrons. The molecular weight excluding hydrogens is 392 g/mol. The number of thiazole rings is 1. The Labute approximate surface area is 169 Å². The fourth-order valence-electron chi connectivity index (χ4n) is 2.92. The van der Waals surface area contributed by atoms with Crippen LogP contribution in [0.15, 0.2) is 59.1 Å². The van der Waals surface area contributed by atoms with Crippen LogP contribution >= 0.6 is 23.1 Å². The van der Waals surface area contributed by atoms with Gasteiger partial charge in [0.15, 0.2) is 4.34 Å². The van der Waals surface area contributed by atoms with E-state index in [0.717, 1.165) is 25.5 Å². The summed E-state index contributed by atoms with van der Waals surface area (Å²) >= 11 is 3.16. The van der Waals surface area contributed by atoms with E-state index in [1.807, 2.05) is 60.1 Å². The van der Waals surface area contributed by atoms with E-state index < -0.39 is 0 Å². The van der Waals surface area contributed by atoms with Crippen LogP contribution < -0.4 is 10.9 Å². The zero-order valence-corrected chi connectivity index (χ0v) is 16.8. The predicted molar refractivity (Wildman–Crippen MR) is 113 cm³/mol. The number of hydrogen-bond acceptors (Lipinski definition) is 5. The van der Waals surface area contributed by atoms with Crippen molar-refractivity contribution in [2.45, 2.75) is 10.8 Å². The first-order chi connectivity index (χ1) is 13.6. The van der Waals surface area contributed by atoms with Crippen molar-refractivity contribution in [3.63, 3.8) is 0 Å². The number of rotatable bonds is 5. The van der Waals surface area contributed by atoms with Crippen molar-refractivity contribution in [2.75, 3.05) is 5.75 Å². The Balaban J connectivity index is 1.28. The highest BCUT2D eigenvalue weighted by Crippen LogP contribution is 2.29. The lowest BCUT2D eigenvalue weighted by atomic mass is 10.2. The summed E-state index contributed by atoms with van der Waals surface area (Å²) in [5, 5.41) is 0.850. The number of benzene rings is 2. The number of hydrazine groups is 1. The number of nitrogens with zero attached hydrogens (tertiary/aromatic N) is 2. The molecule has 4 aromatic rings. The first-order valence-electron chi connectivity index (χ1n) is 8.73. The molecule has 0 aliphatic heterocycles. The van der Waals surface area contributed by atoms with E-state index >= 15 is 0 Å². The zero-order chi connectivity index (χ0) is 19.5. The van der Waals surface area contributed by atoms with Crippen LogP contribution in [0.2, 0.25) is 0 Å². The normalized spacial score (nSPS) is 11.0. The second kappa shape index (κ2) is 8.04. The van der Waals surface area contributed by atoms with Crippen LogP contribution in [-0.4, -0.2) is 27.1 Å². The summed E-state index contributed by atoms with van der Waals surface area (Å²) in [4.78, 5) is 29.0. The first kappa shape index (κ1) is 18.5. The molecule has 0 bridgehead atoms. The third-order valence-corrected chi connectivity index (χ3v) is 6.47. The number of fused-ring (bicyclic) bond motifs is 2. The maximum atomic E-state index is 12.4. The van der Waals surface area contributed by atoms with Gasteiger partial charge in [-0.3, -0.25) is 20.4 Å². The number of thioether (sulfide) groups is 1. The number of para-hydroxylation sites is 2. The quantitative estimate of drug-likeness (QED) is 0.388. The summed E-state index contributed by atoms with van der Waals surface area (Å²) < 4.78 is 3.96. The van der Waals surface area contributed by atoms with E-state index in [0.29, 0.717) is 11.3 Å². The third kappa shape index (κ3) is 3.88. The van der Waals surface area contributed by atoms with Crippen LogP contribution in [-0.2, 0) is 11.8 Å². The third-order valence-electron chi connectivity index (χ3n) is 4.29. The molecule has 0 spiro atoms. The van der Waals surface area contributed by atoms with Crippen LogP contribution in [0, 0.1) is 0 Å². The van der Waals surface area contributed by atoms with E-state index in [1.165, 1.54) is 0 Å². The summed E-state index contributed by atoms with van der Waals surface area (Å²) in [6.45, 7) is 0. The number of carbonyl (C=O) groups excluding carboxylic acids is 2. The summed E-state index contributed by atoms with van der Waals surface area (Å²) in [5.74, 6) is 0.0293. The number of aryl methyl sites for hydroxylation is 1. The lowest BCUT2D eigenvalue weighted by Crippen LogP contribution is -2.41. The minimum atomic E-state index is -0.330. The van der Waals surface area contributed by atoms with E-state index in [4.69, 9.17) is 0 Å². The van der Waals surface area contributed by atoms with Crippen LogP contribution in [0.4, 0.5) is 0 Å². The summed E-state index contributed by atoms with van der Waals surface area (Å²) in [6, 6.07) is 15.6. The average molecular weight is 411 g/mol. The van der Waals surface area contributed by atoms with Gasteiger partial charge in [-0.25, -0.2) is 4.98 Å². The fourth-order valence-corrected chi connectivity index (χ4v) is 5.00. The molecule has 8 heteroatoms. The highest BCUT2D eigenvalue weighted by molar-refractivity contribution is 8.01. The molecule has 0 unspecified atom stereocenters. The van der Waals surface area contributed by atoms with Crippen LogP contribution in [0.3, 0.4) is 0 Å². The van der Waals surface area contributed by atoms with Crippen LogP contribution in [0.5, 0.6) is 0 Å². The van der Waals surface area contributed by atoms with Crippen molar-refractivity contribution in [2.24, 2.45) is 7.05 Å². The Morgan fingerprint density at radius 3 is 2.75 bits per heavy atom. The Morgan fingerprint density at radius 1 is 1.11 bits per heavy atom. The van der Waals surface area contributed by atoms with Crippen molar-refractivity contribution in [3.8, 4) is 0 Å². The van der Waals surface area contributed by atoms with Gasteiger partial charge >= 0.3 is 0 Å². The molecular formula is C20H18N4O2S2. The molecule has 4 rings (SSSR count). The van der Waals surface area contributed by atoms with E-state index in [9.17, 15) is 9.59 Å². The van der Waals surface area contributed by atoms with Gasteiger partial charge < -0.3 is 4.57 Å². The molecule has 2 heterocycles. The minimum Gasteiger partial charge on any atom is -0.350 e. The second-order valence-electron chi connectivity index (χ2n) is 6.22. The van der Waals surface area contributed by atoms with Crippen molar-refractivity contribution in [3.05, 3.63) is 60.3 Å². The molecule has 0 saturated heterocycles. The average Bonchev–Trinajstić information content (AvgIpc) is 3.27. The number of aromatic nitrogens is 2. The van der Waals surface area contributed by atoms with E-state index in [1.54, 1.807) is 29.3 Å². The summed E-state index contributed by atoms with van der Waals surface area (Å²) in [6.07, 6.45) is 2.05. The molecule has 6 nitrogen and oxygen atoms in total. The second-order valence-corrected chi connectivity index (χ2v) is 8.59. The predicted octanol–water partition coefficient (Wildman–Crippen LogP) is 3.73. The fraction of sp³-hybridized carbons (Fsp3) is 0.150. The molecule has 0 aliphatic carbocycles. The maximum absolute atomic E-state index is 12.4. The zero-order valence-electron chi connectivity index (χ0n) is 15.1. The van der Waals surface area contributed by atoms with Crippen LogP contribution in [0.1, 0.15) is 16.8 Å². The topological polar surface area (TPSA) is 76.0 Å². The molecule has 2 aromatic heterocycles. The largest absolute Gasteiger partial charge is 0.350 e. The lowest BCUT2D eigenvalue weighted by molar-refractivity contribution is -0.121. The number of amides is 2.